The Morgan fingerprint density at radius 1 is 1.17 bits per heavy atom. The minimum absolute atomic E-state index is 0.191. The molecule has 160 valence electrons. The zero-order valence-corrected chi connectivity index (χ0v) is 18.5. The maximum absolute atomic E-state index is 13.3. The molecule has 0 radical (unpaired) electrons. The molecule has 2 amide bonds. The Labute approximate surface area is 173 Å². The molecule has 2 N–H and O–H groups in total. The van der Waals surface area contributed by atoms with Gasteiger partial charge in [0.25, 0.3) is 5.91 Å². The number of rotatable bonds is 4. The number of aromatic nitrogens is 2. The van der Waals surface area contributed by atoms with Crippen molar-refractivity contribution in [3.8, 4) is 0 Å². The van der Waals surface area contributed by atoms with Crippen molar-refractivity contribution in [2.75, 3.05) is 20.6 Å². The van der Waals surface area contributed by atoms with Gasteiger partial charge in [-0.25, -0.2) is 4.98 Å². The zero-order valence-electron chi connectivity index (χ0n) is 18.5. The van der Waals surface area contributed by atoms with Crippen molar-refractivity contribution in [1.29, 1.82) is 0 Å². The van der Waals surface area contributed by atoms with E-state index in [1.165, 1.54) is 12.0 Å². The molecule has 0 fully saturated rings. The van der Waals surface area contributed by atoms with Crippen LogP contribution in [0.4, 0.5) is 0 Å². The smallest absolute Gasteiger partial charge is 0.272 e. The van der Waals surface area contributed by atoms with Crippen molar-refractivity contribution in [2.45, 2.75) is 72.0 Å². The lowest BCUT2D eigenvalue weighted by molar-refractivity contribution is -0.124. The molecule has 1 aromatic rings. The molecule has 0 saturated heterocycles. The fourth-order valence-electron chi connectivity index (χ4n) is 4.21. The van der Waals surface area contributed by atoms with Crippen LogP contribution in [0.5, 0.6) is 0 Å². The van der Waals surface area contributed by atoms with E-state index in [-0.39, 0.29) is 11.8 Å². The fraction of sp³-hybridized carbons (Fsp3) is 0.682. The number of allylic oxidation sites excluding steroid dienone is 2. The van der Waals surface area contributed by atoms with Crippen LogP contribution in [-0.2, 0) is 17.9 Å². The highest BCUT2D eigenvalue weighted by Gasteiger charge is 2.34. The van der Waals surface area contributed by atoms with Crippen molar-refractivity contribution < 1.29 is 9.59 Å². The number of hydrogen-bond donors (Lipinski definition) is 2. The molecule has 29 heavy (non-hydrogen) atoms. The molecule has 1 atom stereocenters. The number of hydrogen-bond acceptors (Lipinski definition) is 4. The van der Waals surface area contributed by atoms with Gasteiger partial charge in [-0.05, 0) is 56.7 Å². The van der Waals surface area contributed by atoms with Crippen molar-refractivity contribution in [3.05, 3.63) is 23.3 Å². The van der Waals surface area contributed by atoms with Crippen LogP contribution in [-0.4, -0.2) is 52.9 Å². The molecule has 0 unspecified atom stereocenters. The molecule has 1 aliphatic carbocycles. The predicted molar refractivity (Wildman–Crippen MR) is 114 cm³/mol. The molecule has 0 bridgehead atoms. The molecule has 2 aliphatic rings. The first-order valence-corrected chi connectivity index (χ1v) is 10.7. The van der Waals surface area contributed by atoms with Crippen LogP contribution in [0.2, 0.25) is 0 Å². The highest BCUT2D eigenvalue weighted by atomic mass is 16.2. The lowest BCUT2D eigenvalue weighted by Gasteiger charge is -2.29. The third kappa shape index (κ3) is 4.71. The highest BCUT2D eigenvalue weighted by Crippen LogP contribution is 2.30. The molecule has 0 saturated carbocycles. The summed E-state index contributed by atoms with van der Waals surface area (Å²) in [6.07, 6.45) is 7.77. The SMILES string of the molecule is CNC(=O)[C@@H](NC(=O)c1nc(C2=CCCCC2)n2c1CN(C)CCC2)C(C)(C)C. The number of nitrogens with zero attached hydrogens (tertiary/aromatic N) is 3. The minimum atomic E-state index is -0.627. The van der Waals surface area contributed by atoms with Gasteiger partial charge in [-0.15, -0.1) is 0 Å². The Hall–Kier alpha value is -2.15. The van der Waals surface area contributed by atoms with Crippen molar-refractivity contribution in [2.24, 2.45) is 5.41 Å². The Balaban J connectivity index is 1.99. The predicted octanol–water partition coefficient (Wildman–Crippen LogP) is 2.57. The molecule has 0 spiro atoms. The quantitative estimate of drug-likeness (QED) is 0.813. The van der Waals surface area contributed by atoms with Crippen molar-refractivity contribution in [1.82, 2.24) is 25.1 Å². The van der Waals surface area contributed by atoms with E-state index in [1.54, 1.807) is 7.05 Å². The largest absolute Gasteiger partial charge is 0.357 e. The highest BCUT2D eigenvalue weighted by molar-refractivity contribution is 5.97. The second-order valence-electron chi connectivity index (χ2n) is 9.34. The van der Waals surface area contributed by atoms with Gasteiger partial charge in [0.05, 0.1) is 5.69 Å². The first kappa shape index (κ1) is 21.6. The third-order valence-electron chi connectivity index (χ3n) is 5.86. The number of amides is 2. The van der Waals surface area contributed by atoms with Gasteiger partial charge in [0, 0.05) is 20.1 Å². The standard InChI is InChI=1S/C22H35N5O2/c1-22(2,3)18(21(29)23-4)25-20(28)17-16-14-26(5)12-9-13-27(16)19(24-17)15-10-7-6-8-11-15/h10,18H,6-9,11-14H2,1-5H3,(H,23,29)(H,25,28)/t18-/m1/s1. The van der Waals surface area contributed by atoms with Gasteiger partial charge in [0.1, 0.15) is 11.9 Å². The monoisotopic (exact) mass is 401 g/mol. The third-order valence-corrected chi connectivity index (χ3v) is 5.86. The lowest BCUT2D eigenvalue weighted by atomic mass is 9.86. The first-order valence-electron chi connectivity index (χ1n) is 10.7. The summed E-state index contributed by atoms with van der Waals surface area (Å²) in [6, 6.07) is -0.627. The Bertz CT molecular complexity index is 803. The Kier molecular flexibility index (Phi) is 6.46. The molecule has 1 aliphatic heterocycles. The van der Waals surface area contributed by atoms with Crippen LogP contribution < -0.4 is 10.6 Å². The summed E-state index contributed by atoms with van der Waals surface area (Å²) in [4.78, 5) is 32.8. The van der Waals surface area contributed by atoms with Gasteiger partial charge >= 0.3 is 0 Å². The lowest BCUT2D eigenvalue weighted by Crippen LogP contribution is -2.53. The summed E-state index contributed by atoms with van der Waals surface area (Å²) >= 11 is 0. The summed E-state index contributed by atoms with van der Waals surface area (Å²) in [5, 5.41) is 5.63. The molecule has 7 heteroatoms. The minimum Gasteiger partial charge on any atom is -0.357 e. The average molecular weight is 402 g/mol. The van der Waals surface area contributed by atoms with Crippen LogP contribution in [0.15, 0.2) is 6.08 Å². The van der Waals surface area contributed by atoms with Gasteiger partial charge in [-0.3, -0.25) is 9.59 Å². The normalized spacial score (nSPS) is 19.0. The van der Waals surface area contributed by atoms with Gasteiger partial charge < -0.3 is 20.1 Å². The van der Waals surface area contributed by atoms with Gasteiger partial charge in [0.2, 0.25) is 5.91 Å². The molecule has 7 nitrogen and oxygen atoms in total. The number of fused-ring (bicyclic) bond motifs is 1. The molecular formula is C22H35N5O2. The van der Waals surface area contributed by atoms with Gasteiger partial charge in [-0.2, -0.15) is 0 Å². The van der Waals surface area contributed by atoms with E-state index in [0.29, 0.717) is 12.2 Å². The Morgan fingerprint density at radius 2 is 1.93 bits per heavy atom. The van der Waals surface area contributed by atoms with E-state index >= 15 is 0 Å². The van der Waals surface area contributed by atoms with E-state index in [9.17, 15) is 9.59 Å². The number of nitrogens with one attached hydrogen (secondary N) is 2. The van der Waals surface area contributed by atoms with Crippen LogP contribution in [0.3, 0.4) is 0 Å². The summed E-state index contributed by atoms with van der Waals surface area (Å²) in [7, 11) is 3.67. The molecule has 1 aromatic heterocycles. The number of carbonyl (C=O) groups excluding carboxylic acids is 2. The molecular weight excluding hydrogens is 366 g/mol. The van der Waals surface area contributed by atoms with Crippen molar-refractivity contribution >= 4 is 17.4 Å². The summed E-state index contributed by atoms with van der Waals surface area (Å²) in [6.45, 7) is 8.39. The van der Waals surface area contributed by atoms with Crippen LogP contribution >= 0.6 is 0 Å². The maximum Gasteiger partial charge on any atom is 0.272 e. The first-order chi connectivity index (χ1) is 13.7. The summed E-state index contributed by atoms with van der Waals surface area (Å²) in [5.41, 5.74) is 2.25. The molecule has 0 aromatic carbocycles. The number of imidazole rings is 1. The van der Waals surface area contributed by atoms with Gasteiger partial charge in [0.15, 0.2) is 5.69 Å². The van der Waals surface area contributed by atoms with E-state index in [2.05, 4.69) is 33.2 Å². The number of likely N-dealkylation sites (N-methyl/N-ethyl adjacent to an activating group) is 1. The topological polar surface area (TPSA) is 79.3 Å². The van der Waals surface area contributed by atoms with Crippen LogP contribution in [0.25, 0.3) is 5.57 Å². The van der Waals surface area contributed by atoms with E-state index < -0.39 is 11.5 Å². The zero-order chi connectivity index (χ0) is 21.2. The Morgan fingerprint density at radius 3 is 2.55 bits per heavy atom. The van der Waals surface area contributed by atoms with E-state index in [4.69, 9.17) is 4.98 Å². The van der Waals surface area contributed by atoms with E-state index in [1.807, 2.05) is 20.8 Å². The molecule has 3 rings (SSSR count). The second kappa shape index (κ2) is 8.69. The van der Waals surface area contributed by atoms with Gasteiger partial charge in [-0.1, -0.05) is 26.8 Å². The fourth-order valence-corrected chi connectivity index (χ4v) is 4.21. The second-order valence-corrected chi connectivity index (χ2v) is 9.34. The maximum atomic E-state index is 13.3. The van der Waals surface area contributed by atoms with Crippen LogP contribution in [0, 0.1) is 5.41 Å². The number of carbonyl (C=O) groups is 2. The molecule has 2 heterocycles. The summed E-state index contributed by atoms with van der Waals surface area (Å²) < 4.78 is 2.24. The summed E-state index contributed by atoms with van der Waals surface area (Å²) in [5.74, 6) is 0.478. The average Bonchev–Trinajstić information content (AvgIpc) is 2.92. The van der Waals surface area contributed by atoms with Crippen molar-refractivity contribution in [3.63, 3.8) is 0 Å². The van der Waals surface area contributed by atoms with E-state index in [0.717, 1.165) is 50.3 Å². The van der Waals surface area contributed by atoms with Crippen LogP contribution in [0.1, 0.15) is 74.9 Å².